The third kappa shape index (κ3) is 1.74. The van der Waals surface area contributed by atoms with Gasteiger partial charge in [0, 0.05) is 18.6 Å². The van der Waals surface area contributed by atoms with Gasteiger partial charge in [-0.3, -0.25) is 15.0 Å². The highest BCUT2D eigenvalue weighted by molar-refractivity contribution is 5.82. The molecule has 0 fully saturated rings. The Balaban J connectivity index is 2.63. The Kier molecular flexibility index (Phi) is 2.25. The van der Waals surface area contributed by atoms with E-state index in [9.17, 15) is 9.59 Å². The molecule has 0 aromatic heterocycles. The topological polar surface area (TPSA) is 51.1 Å². The maximum atomic E-state index is 11.5. The number of aromatic nitrogens is 1. The van der Waals surface area contributed by atoms with Gasteiger partial charge in [-0.25, -0.2) is 4.68 Å². The summed E-state index contributed by atoms with van der Waals surface area (Å²) in [5.41, 5.74) is 3.74. The molecular weight excluding hydrogens is 192 g/mol. The number of amides is 1. The van der Waals surface area contributed by atoms with Gasteiger partial charge in [0.25, 0.3) is 5.56 Å². The molecule has 4 heteroatoms. The first-order valence-electron chi connectivity index (χ1n) is 4.57. The number of rotatable bonds is 1. The van der Waals surface area contributed by atoms with Crippen LogP contribution >= 0.6 is 0 Å². The fourth-order valence-corrected chi connectivity index (χ4v) is 1.47. The Labute approximate surface area is 86.5 Å². The van der Waals surface area contributed by atoms with Gasteiger partial charge in [-0.05, 0) is 6.07 Å². The molecule has 1 aliphatic heterocycles. The van der Waals surface area contributed by atoms with Crippen molar-refractivity contribution in [2.24, 2.45) is 0 Å². The molecule has 76 valence electrons. The Morgan fingerprint density at radius 2 is 2.00 bits per heavy atom. The highest BCUT2D eigenvalue weighted by atomic mass is 16.2. The molecule has 0 saturated carbocycles. The van der Waals surface area contributed by atoms with E-state index in [4.69, 9.17) is 0 Å². The number of nitrogens with zero attached hydrogens (tertiary/aromatic N) is 1. The number of carbonyl (C=O) groups excluding carboxylic acids is 1. The van der Waals surface area contributed by atoms with E-state index in [-0.39, 0.29) is 11.5 Å². The first kappa shape index (κ1) is 9.45. The summed E-state index contributed by atoms with van der Waals surface area (Å²) in [5, 5.41) is 0. The Morgan fingerprint density at radius 1 is 1.27 bits per heavy atom. The number of fused-ring (bicyclic) bond motifs is 1. The summed E-state index contributed by atoms with van der Waals surface area (Å²) >= 11 is 0. The normalized spacial score (nSPS) is 10.2. The Bertz CT molecular complexity index is 531. The lowest BCUT2D eigenvalue weighted by atomic mass is 10.2. The van der Waals surface area contributed by atoms with Crippen molar-refractivity contribution in [1.29, 1.82) is 0 Å². The van der Waals surface area contributed by atoms with Crippen LogP contribution in [0.2, 0.25) is 0 Å². The number of nitrogens with one attached hydrogen (secondary N) is 1. The van der Waals surface area contributed by atoms with Gasteiger partial charge in [-0.15, -0.1) is 0 Å². The van der Waals surface area contributed by atoms with Crippen molar-refractivity contribution in [1.82, 2.24) is 4.68 Å². The molecule has 0 bridgehead atoms. The van der Waals surface area contributed by atoms with Crippen LogP contribution in [0.25, 0.3) is 11.3 Å². The first-order valence-corrected chi connectivity index (χ1v) is 4.57. The largest absolute Gasteiger partial charge is 0.274 e. The fraction of sp³-hybridized carbons (Fsp3) is 0.0909. The lowest BCUT2D eigenvalue weighted by Crippen LogP contribution is -2.28. The summed E-state index contributed by atoms with van der Waals surface area (Å²) in [6, 6.07) is 10.6. The van der Waals surface area contributed by atoms with E-state index in [0.717, 1.165) is 5.56 Å². The minimum absolute atomic E-state index is 0.230. The number of hydrogen-bond acceptors (Lipinski definition) is 2. The van der Waals surface area contributed by atoms with Crippen molar-refractivity contribution in [2.45, 2.75) is 6.92 Å². The molecule has 4 nitrogen and oxygen atoms in total. The van der Waals surface area contributed by atoms with Crippen molar-refractivity contribution in [3.8, 4) is 11.3 Å². The summed E-state index contributed by atoms with van der Waals surface area (Å²) in [5.74, 6) is -0.267. The van der Waals surface area contributed by atoms with Crippen molar-refractivity contribution in [3.05, 3.63) is 46.8 Å². The van der Waals surface area contributed by atoms with Crippen LogP contribution < -0.4 is 11.0 Å². The first-order chi connectivity index (χ1) is 7.18. The molecule has 0 aromatic carbocycles. The summed E-state index contributed by atoms with van der Waals surface area (Å²) in [6.45, 7) is 1.37. The van der Waals surface area contributed by atoms with Crippen LogP contribution in [0.15, 0.2) is 41.2 Å². The molecule has 1 aliphatic carbocycles. The molecule has 1 heterocycles. The molecule has 15 heavy (non-hydrogen) atoms. The molecule has 0 unspecified atom stereocenters. The van der Waals surface area contributed by atoms with Gasteiger partial charge in [0.05, 0.1) is 5.69 Å². The van der Waals surface area contributed by atoms with E-state index in [1.165, 1.54) is 17.7 Å². The Hall–Kier alpha value is -2.10. The molecular formula is C11H10N2O2. The fourth-order valence-electron chi connectivity index (χ4n) is 1.47. The van der Waals surface area contributed by atoms with E-state index in [2.05, 4.69) is 5.43 Å². The molecule has 2 rings (SSSR count). The van der Waals surface area contributed by atoms with Gasteiger partial charge in [0.15, 0.2) is 0 Å². The van der Waals surface area contributed by atoms with Gasteiger partial charge >= 0.3 is 0 Å². The van der Waals surface area contributed by atoms with E-state index < -0.39 is 0 Å². The van der Waals surface area contributed by atoms with E-state index in [1.54, 1.807) is 6.07 Å². The lowest BCUT2D eigenvalue weighted by Gasteiger charge is -2.04. The third-order valence-electron chi connectivity index (χ3n) is 2.06. The van der Waals surface area contributed by atoms with Gasteiger partial charge in [0.2, 0.25) is 5.91 Å². The van der Waals surface area contributed by atoms with Gasteiger partial charge < -0.3 is 0 Å². The molecule has 0 spiro atoms. The molecule has 2 aliphatic rings. The maximum absolute atomic E-state index is 11.5. The zero-order valence-corrected chi connectivity index (χ0v) is 8.23. The second-order valence-corrected chi connectivity index (χ2v) is 3.24. The van der Waals surface area contributed by atoms with Crippen molar-refractivity contribution < 1.29 is 4.79 Å². The van der Waals surface area contributed by atoms with Gasteiger partial charge in [0.1, 0.15) is 0 Å². The highest BCUT2D eigenvalue weighted by Gasteiger charge is 2.10. The van der Waals surface area contributed by atoms with Crippen molar-refractivity contribution >= 4 is 5.91 Å². The summed E-state index contributed by atoms with van der Waals surface area (Å²) in [6.07, 6.45) is 0. The van der Waals surface area contributed by atoms with Crippen LogP contribution in [-0.4, -0.2) is 10.6 Å². The van der Waals surface area contributed by atoms with Crippen LogP contribution in [0, 0.1) is 0 Å². The van der Waals surface area contributed by atoms with Gasteiger partial charge in [-0.1, -0.05) is 24.3 Å². The lowest BCUT2D eigenvalue weighted by molar-refractivity contribution is -0.115. The highest BCUT2D eigenvalue weighted by Crippen LogP contribution is 2.16. The summed E-state index contributed by atoms with van der Waals surface area (Å²) < 4.78 is 1.25. The smallest absolute Gasteiger partial charge is 0.270 e. The SMILES string of the molecule is CC(=O)Nn1c2cccccc-2cc1=O. The monoisotopic (exact) mass is 202 g/mol. The molecule has 0 aromatic rings. The zero-order chi connectivity index (χ0) is 10.8. The van der Waals surface area contributed by atoms with Crippen LogP contribution in [-0.2, 0) is 4.79 Å². The second kappa shape index (κ2) is 3.57. The van der Waals surface area contributed by atoms with Crippen LogP contribution in [0.1, 0.15) is 6.92 Å². The maximum Gasteiger partial charge on any atom is 0.270 e. The number of carbonyl (C=O) groups is 1. The van der Waals surface area contributed by atoms with E-state index in [1.807, 2.05) is 24.3 Å². The van der Waals surface area contributed by atoms with Crippen molar-refractivity contribution in [2.75, 3.05) is 5.43 Å². The van der Waals surface area contributed by atoms with E-state index in [0.29, 0.717) is 5.69 Å². The van der Waals surface area contributed by atoms with Gasteiger partial charge in [-0.2, -0.15) is 0 Å². The zero-order valence-electron chi connectivity index (χ0n) is 8.23. The quantitative estimate of drug-likeness (QED) is 0.751. The van der Waals surface area contributed by atoms with Crippen LogP contribution in [0.5, 0.6) is 0 Å². The average Bonchev–Trinajstić information content (AvgIpc) is 2.39. The molecule has 1 N–H and O–H groups in total. The predicted molar refractivity (Wildman–Crippen MR) is 57.4 cm³/mol. The third-order valence-corrected chi connectivity index (χ3v) is 2.06. The molecule has 0 atom stereocenters. The van der Waals surface area contributed by atoms with Crippen LogP contribution in [0.3, 0.4) is 0 Å². The standard InChI is InChI=1S/C11H10N2O2/c1-8(14)12-13-10-6-4-2-3-5-9(10)7-11(13)15/h2-7H,1H3,(H,12,14). The summed E-state index contributed by atoms with van der Waals surface area (Å²) in [4.78, 5) is 22.4. The van der Waals surface area contributed by atoms with Crippen LogP contribution in [0.4, 0.5) is 0 Å². The Morgan fingerprint density at radius 3 is 2.73 bits per heavy atom. The van der Waals surface area contributed by atoms with Crippen molar-refractivity contribution in [3.63, 3.8) is 0 Å². The number of hydrogen-bond donors (Lipinski definition) is 1. The minimum Gasteiger partial charge on any atom is -0.274 e. The average molecular weight is 202 g/mol. The molecule has 0 saturated heterocycles. The minimum atomic E-state index is -0.267. The van der Waals surface area contributed by atoms with E-state index >= 15 is 0 Å². The predicted octanol–water partition coefficient (Wildman–Crippen LogP) is 1.04. The molecule has 0 radical (unpaired) electrons. The summed E-state index contributed by atoms with van der Waals surface area (Å²) in [7, 11) is 0. The molecule has 1 amide bonds. The second-order valence-electron chi connectivity index (χ2n) is 3.24.